The molecule has 1 aliphatic heterocycles. The molecule has 1 aliphatic rings. The van der Waals surface area contributed by atoms with Gasteiger partial charge in [0.25, 0.3) is 0 Å². The molecule has 0 saturated heterocycles. The van der Waals surface area contributed by atoms with Gasteiger partial charge in [0.1, 0.15) is 24.4 Å². The average Bonchev–Trinajstić information content (AvgIpc) is 3.02. The highest BCUT2D eigenvalue weighted by atomic mass is 32.2. The Morgan fingerprint density at radius 3 is 2.16 bits per heavy atom. The zero-order valence-electron chi connectivity index (χ0n) is 24.4. The quantitative estimate of drug-likeness (QED) is 0.127. The lowest BCUT2D eigenvalue weighted by molar-refractivity contribution is -0.139. The number of hydrogen-bond acceptors (Lipinski definition) is 9. The van der Waals surface area contributed by atoms with E-state index in [1.165, 1.54) is 11.8 Å². The van der Waals surface area contributed by atoms with Gasteiger partial charge in [-0.3, -0.25) is 14.6 Å². The second-order valence-electron chi connectivity index (χ2n) is 10.3. The number of rotatable bonds is 16. The van der Waals surface area contributed by atoms with Crippen molar-refractivity contribution in [3.63, 3.8) is 0 Å². The van der Waals surface area contributed by atoms with Gasteiger partial charge in [-0.25, -0.2) is 9.59 Å². The summed E-state index contributed by atoms with van der Waals surface area (Å²) in [5.41, 5.74) is 7.42. The van der Waals surface area contributed by atoms with E-state index in [9.17, 15) is 29.1 Å². The van der Waals surface area contributed by atoms with Gasteiger partial charge in [0.15, 0.2) is 5.96 Å². The van der Waals surface area contributed by atoms with Crippen LogP contribution in [0.1, 0.15) is 24.0 Å². The van der Waals surface area contributed by atoms with Gasteiger partial charge in [0.05, 0.1) is 12.1 Å². The number of amides is 4. The molecule has 5 unspecified atom stereocenters. The minimum atomic E-state index is -1.27. The Kier molecular flexibility index (Phi) is 13.5. The molecule has 0 aromatic heterocycles. The number of nitrogens with zero attached hydrogens (tertiary/aromatic N) is 1. The van der Waals surface area contributed by atoms with Crippen molar-refractivity contribution >= 4 is 47.8 Å². The molecule has 4 amide bonds. The highest BCUT2D eigenvalue weighted by molar-refractivity contribution is 7.98. The Morgan fingerprint density at radius 2 is 1.59 bits per heavy atom. The molecular weight excluding hydrogens is 586 g/mol. The van der Waals surface area contributed by atoms with Crippen LogP contribution in [0.25, 0.3) is 0 Å². The van der Waals surface area contributed by atoms with E-state index in [1.807, 2.05) is 36.6 Å². The van der Waals surface area contributed by atoms with E-state index in [0.29, 0.717) is 30.6 Å². The molecule has 2 aromatic rings. The standard InChI is InChI=1S/C30H39N7O6S/c1-44-15-13-23(26(39)33-21(18-38)16-19-8-4-2-5-9-19)34-27(40)25(22-12-14-32-29(31)35-22)37-30(43)36-24(28(41)42)17-20-10-6-3-7-11-20/h2-11,18,21-25H,12-17H2,1H3,(H,33,39)(H,34,40)(H,41,42)(H3,31,32,35)(H2,36,37,43). The van der Waals surface area contributed by atoms with Gasteiger partial charge in [-0.05, 0) is 42.4 Å². The third-order valence-electron chi connectivity index (χ3n) is 6.95. The van der Waals surface area contributed by atoms with E-state index >= 15 is 0 Å². The molecule has 14 heteroatoms. The summed E-state index contributed by atoms with van der Waals surface area (Å²) < 4.78 is 0. The summed E-state index contributed by atoms with van der Waals surface area (Å²) in [6.07, 6.45) is 3.40. The number of carboxylic acids is 1. The molecule has 0 aliphatic carbocycles. The van der Waals surface area contributed by atoms with E-state index in [1.54, 1.807) is 30.3 Å². The maximum absolute atomic E-state index is 13.7. The van der Waals surface area contributed by atoms with E-state index in [4.69, 9.17) is 5.73 Å². The summed E-state index contributed by atoms with van der Waals surface area (Å²) in [6.45, 7) is 0.291. The van der Waals surface area contributed by atoms with Gasteiger partial charge in [0, 0.05) is 13.0 Å². The summed E-state index contributed by atoms with van der Waals surface area (Å²) in [7, 11) is 0. The van der Waals surface area contributed by atoms with Gasteiger partial charge in [-0.15, -0.1) is 0 Å². The Balaban J connectivity index is 1.74. The number of aliphatic carboxylic acids is 1. The maximum Gasteiger partial charge on any atom is 0.326 e. The smallest absolute Gasteiger partial charge is 0.326 e. The van der Waals surface area contributed by atoms with Crippen molar-refractivity contribution in [3.8, 4) is 0 Å². The minimum Gasteiger partial charge on any atom is -0.480 e. The van der Waals surface area contributed by atoms with Crippen molar-refractivity contribution in [2.24, 2.45) is 10.7 Å². The van der Waals surface area contributed by atoms with Crippen molar-refractivity contribution in [1.82, 2.24) is 26.6 Å². The van der Waals surface area contributed by atoms with Crippen LogP contribution in [-0.2, 0) is 32.0 Å². The lowest BCUT2D eigenvalue weighted by atomic mass is 10.0. The Hall–Kier alpha value is -4.59. The normalized spacial score (nSPS) is 16.9. The van der Waals surface area contributed by atoms with Crippen molar-refractivity contribution in [2.75, 3.05) is 18.6 Å². The van der Waals surface area contributed by atoms with Crippen LogP contribution < -0.4 is 32.3 Å². The van der Waals surface area contributed by atoms with E-state index < -0.39 is 54.0 Å². The first-order chi connectivity index (χ1) is 21.2. The van der Waals surface area contributed by atoms with Crippen LogP contribution in [0.4, 0.5) is 4.79 Å². The van der Waals surface area contributed by atoms with Crippen molar-refractivity contribution in [3.05, 3.63) is 71.8 Å². The van der Waals surface area contributed by atoms with Crippen LogP contribution in [0.3, 0.4) is 0 Å². The summed E-state index contributed by atoms with van der Waals surface area (Å²) in [5.74, 6) is -1.86. The number of carbonyl (C=O) groups excluding carboxylic acids is 4. The minimum absolute atomic E-state index is 0.0273. The van der Waals surface area contributed by atoms with Gasteiger partial charge < -0.3 is 42.2 Å². The number of benzene rings is 2. The first kappa shape index (κ1) is 33.9. The highest BCUT2D eigenvalue weighted by Gasteiger charge is 2.35. The fourth-order valence-corrected chi connectivity index (χ4v) is 5.14. The predicted molar refractivity (Wildman–Crippen MR) is 168 cm³/mol. The number of guanidine groups is 1. The number of aliphatic imine (C=N–C) groups is 1. The molecule has 0 fully saturated rings. The lowest BCUT2D eigenvalue weighted by Crippen LogP contribution is -2.64. The number of thioether (sulfide) groups is 1. The molecule has 236 valence electrons. The Bertz CT molecular complexity index is 1300. The second kappa shape index (κ2) is 17.5. The monoisotopic (exact) mass is 625 g/mol. The van der Waals surface area contributed by atoms with Crippen LogP contribution in [0, 0.1) is 0 Å². The predicted octanol–water partition coefficient (Wildman–Crippen LogP) is 0.191. The summed E-state index contributed by atoms with van der Waals surface area (Å²) >= 11 is 1.48. The van der Waals surface area contributed by atoms with Crippen LogP contribution in [0.5, 0.6) is 0 Å². The molecule has 13 nitrogen and oxygen atoms in total. The number of nitrogens with one attached hydrogen (secondary N) is 5. The van der Waals surface area contributed by atoms with Gasteiger partial charge in [-0.2, -0.15) is 11.8 Å². The molecule has 44 heavy (non-hydrogen) atoms. The third kappa shape index (κ3) is 10.9. The fraction of sp³-hybridized carbons (Fsp3) is 0.400. The fourth-order valence-electron chi connectivity index (χ4n) is 4.67. The molecule has 0 bridgehead atoms. The van der Waals surface area contributed by atoms with Crippen LogP contribution in [0.15, 0.2) is 65.7 Å². The maximum atomic E-state index is 13.7. The van der Waals surface area contributed by atoms with E-state index in [2.05, 4.69) is 31.6 Å². The summed E-state index contributed by atoms with van der Waals surface area (Å²) in [5, 5.41) is 23.0. The van der Waals surface area contributed by atoms with Crippen molar-refractivity contribution < 1.29 is 29.1 Å². The molecular formula is C30H39N7O6S. The average molecular weight is 626 g/mol. The largest absolute Gasteiger partial charge is 0.480 e. The molecule has 0 saturated carbocycles. The summed E-state index contributed by atoms with van der Waals surface area (Å²) in [6, 6.07) is 12.1. The number of carbonyl (C=O) groups is 5. The van der Waals surface area contributed by atoms with Crippen molar-refractivity contribution in [1.29, 1.82) is 0 Å². The third-order valence-corrected chi connectivity index (χ3v) is 7.59. The molecule has 8 N–H and O–H groups in total. The highest BCUT2D eigenvalue weighted by Crippen LogP contribution is 2.09. The molecule has 3 rings (SSSR count). The molecule has 1 heterocycles. The van der Waals surface area contributed by atoms with Crippen LogP contribution >= 0.6 is 11.8 Å². The summed E-state index contributed by atoms with van der Waals surface area (Å²) in [4.78, 5) is 67.8. The molecule has 0 spiro atoms. The van der Waals surface area contributed by atoms with Gasteiger partial charge >= 0.3 is 12.0 Å². The lowest BCUT2D eigenvalue weighted by Gasteiger charge is -2.32. The molecule has 2 aromatic carbocycles. The first-order valence-electron chi connectivity index (χ1n) is 14.2. The number of hydrogen-bond donors (Lipinski definition) is 7. The number of aldehydes is 1. The molecule has 0 radical (unpaired) electrons. The second-order valence-corrected chi connectivity index (χ2v) is 11.3. The Labute approximate surface area is 260 Å². The van der Waals surface area contributed by atoms with Gasteiger partial charge in [0.2, 0.25) is 11.8 Å². The zero-order chi connectivity index (χ0) is 31.9. The van der Waals surface area contributed by atoms with Gasteiger partial charge in [-0.1, -0.05) is 60.7 Å². The Morgan fingerprint density at radius 1 is 0.955 bits per heavy atom. The number of carboxylic acid groups (broad SMARTS) is 1. The van der Waals surface area contributed by atoms with Crippen molar-refractivity contribution in [2.45, 2.75) is 55.9 Å². The van der Waals surface area contributed by atoms with Crippen LogP contribution in [-0.4, -0.2) is 89.9 Å². The zero-order valence-corrected chi connectivity index (χ0v) is 25.2. The van der Waals surface area contributed by atoms with Crippen LogP contribution in [0.2, 0.25) is 0 Å². The topological polar surface area (TPSA) is 204 Å². The number of nitrogens with two attached hydrogens (primary N) is 1. The number of urea groups is 1. The van der Waals surface area contributed by atoms with E-state index in [0.717, 1.165) is 5.56 Å². The first-order valence-corrected chi connectivity index (χ1v) is 15.6. The SMILES string of the molecule is CSCCC(NC(=O)C(NC(=O)NC(Cc1ccccc1)C(=O)O)C1CCN=C(N)N1)C(=O)NC(C=O)Cc1ccccc1. The molecule has 5 atom stereocenters. The van der Waals surface area contributed by atoms with E-state index in [-0.39, 0.29) is 25.2 Å².